The topological polar surface area (TPSA) is 21.3 Å². The largest absolute Gasteiger partial charge is 0.357 e. The van der Waals surface area contributed by atoms with Crippen molar-refractivity contribution in [1.82, 2.24) is 5.32 Å². The van der Waals surface area contributed by atoms with Crippen molar-refractivity contribution in [2.45, 2.75) is 26.1 Å². The van der Waals surface area contributed by atoms with E-state index in [9.17, 15) is 0 Å². The molecule has 3 heteroatoms. The summed E-state index contributed by atoms with van der Waals surface area (Å²) in [6.07, 6.45) is -0.0361. The molecule has 27 heavy (non-hydrogen) atoms. The van der Waals surface area contributed by atoms with Crippen molar-refractivity contribution in [2.24, 2.45) is 5.92 Å². The molecule has 0 radical (unpaired) electrons. The first kappa shape index (κ1) is 18.4. The molecule has 0 spiro atoms. The van der Waals surface area contributed by atoms with Gasteiger partial charge in [0.25, 0.3) is 0 Å². The Kier molecular flexibility index (Phi) is 5.69. The Bertz CT molecular complexity index is 826. The van der Waals surface area contributed by atoms with E-state index < -0.39 is 7.92 Å². The fourth-order valence-corrected chi connectivity index (χ4v) is 6.03. The average Bonchev–Trinajstić information content (AvgIpc) is 3.21. The van der Waals surface area contributed by atoms with Gasteiger partial charge in [-0.05, 0) is 29.8 Å². The van der Waals surface area contributed by atoms with Crippen LogP contribution in [0, 0.1) is 5.92 Å². The first-order valence-electron chi connectivity index (χ1n) is 9.61. The SMILES string of the molecule is CC(C)C1COC(c2ccccc2P(c2ccccc2)c2ccccc2)N1. The highest BCUT2D eigenvalue weighted by Gasteiger charge is 2.31. The van der Waals surface area contributed by atoms with E-state index in [4.69, 9.17) is 4.74 Å². The van der Waals surface area contributed by atoms with E-state index in [0.717, 1.165) is 6.61 Å². The van der Waals surface area contributed by atoms with E-state index in [-0.39, 0.29) is 6.23 Å². The summed E-state index contributed by atoms with van der Waals surface area (Å²) < 4.78 is 6.17. The minimum Gasteiger partial charge on any atom is -0.357 e. The monoisotopic (exact) mass is 375 g/mol. The van der Waals surface area contributed by atoms with E-state index >= 15 is 0 Å². The fourth-order valence-electron chi connectivity index (χ4n) is 3.55. The van der Waals surface area contributed by atoms with E-state index in [0.29, 0.717) is 12.0 Å². The van der Waals surface area contributed by atoms with Crippen LogP contribution in [0.2, 0.25) is 0 Å². The maximum absolute atomic E-state index is 6.17. The van der Waals surface area contributed by atoms with Crippen LogP contribution in [0.25, 0.3) is 0 Å². The smallest absolute Gasteiger partial charge is 0.135 e. The maximum Gasteiger partial charge on any atom is 0.135 e. The second-order valence-corrected chi connectivity index (χ2v) is 9.48. The van der Waals surface area contributed by atoms with Crippen molar-refractivity contribution in [3.05, 3.63) is 90.5 Å². The van der Waals surface area contributed by atoms with Crippen molar-refractivity contribution in [3.8, 4) is 0 Å². The van der Waals surface area contributed by atoms with Crippen LogP contribution in [0.4, 0.5) is 0 Å². The third-order valence-corrected chi connectivity index (χ3v) is 7.62. The molecule has 0 aromatic heterocycles. The lowest BCUT2D eigenvalue weighted by atomic mass is 10.1. The van der Waals surface area contributed by atoms with Gasteiger partial charge < -0.3 is 4.74 Å². The van der Waals surface area contributed by atoms with Gasteiger partial charge in [0.05, 0.1) is 6.61 Å². The number of ether oxygens (including phenoxy) is 1. The Labute approximate surface area is 163 Å². The molecule has 3 aromatic carbocycles. The lowest BCUT2D eigenvalue weighted by Gasteiger charge is -2.25. The van der Waals surface area contributed by atoms with Crippen LogP contribution in [0.15, 0.2) is 84.9 Å². The van der Waals surface area contributed by atoms with Crippen molar-refractivity contribution in [2.75, 3.05) is 6.61 Å². The molecule has 0 amide bonds. The zero-order valence-electron chi connectivity index (χ0n) is 15.9. The van der Waals surface area contributed by atoms with E-state index in [1.165, 1.54) is 21.5 Å². The highest BCUT2D eigenvalue weighted by Crippen LogP contribution is 2.36. The number of nitrogens with one attached hydrogen (secondary N) is 1. The maximum atomic E-state index is 6.17. The summed E-state index contributed by atoms with van der Waals surface area (Å²) in [5.41, 5.74) is 1.26. The first-order chi connectivity index (χ1) is 13.2. The summed E-state index contributed by atoms with van der Waals surface area (Å²) >= 11 is 0. The van der Waals surface area contributed by atoms with Gasteiger partial charge in [-0.3, -0.25) is 5.32 Å². The average molecular weight is 375 g/mol. The van der Waals surface area contributed by atoms with E-state index in [2.05, 4.69) is 104 Å². The Morgan fingerprint density at radius 1 is 0.815 bits per heavy atom. The van der Waals surface area contributed by atoms with Gasteiger partial charge in [0.15, 0.2) is 0 Å². The quantitative estimate of drug-likeness (QED) is 0.679. The first-order valence-corrected chi connectivity index (χ1v) is 10.9. The lowest BCUT2D eigenvalue weighted by Crippen LogP contribution is -2.33. The van der Waals surface area contributed by atoms with Crippen molar-refractivity contribution < 1.29 is 4.74 Å². The van der Waals surface area contributed by atoms with Crippen LogP contribution in [-0.4, -0.2) is 12.6 Å². The molecule has 2 unspecified atom stereocenters. The van der Waals surface area contributed by atoms with Gasteiger partial charge in [-0.15, -0.1) is 0 Å². The predicted octanol–water partition coefficient (Wildman–Crippen LogP) is 4.09. The summed E-state index contributed by atoms with van der Waals surface area (Å²) in [5, 5.41) is 7.79. The molecule has 0 aliphatic carbocycles. The lowest BCUT2D eigenvalue weighted by molar-refractivity contribution is 0.101. The summed E-state index contributed by atoms with van der Waals surface area (Å²) in [6.45, 7) is 5.26. The third-order valence-electron chi connectivity index (χ3n) is 5.10. The van der Waals surface area contributed by atoms with Gasteiger partial charge in [-0.2, -0.15) is 0 Å². The van der Waals surface area contributed by atoms with Gasteiger partial charge in [0.2, 0.25) is 0 Å². The van der Waals surface area contributed by atoms with E-state index in [1.54, 1.807) is 0 Å². The van der Waals surface area contributed by atoms with Crippen molar-refractivity contribution in [1.29, 1.82) is 0 Å². The van der Waals surface area contributed by atoms with Crippen LogP contribution in [0.3, 0.4) is 0 Å². The third kappa shape index (κ3) is 3.99. The Morgan fingerprint density at radius 3 is 1.93 bits per heavy atom. The second kappa shape index (κ2) is 8.35. The Balaban J connectivity index is 1.78. The molecule has 1 saturated heterocycles. The summed E-state index contributed by atoms with van der Waals surface area (Å²) in [7, 11) is -0.632. The van der Waals surface area contributed by atoms with Crippen LogP contribution in [0.1, 0.15) is 25.6 Å². The van der Waals surface area contributed by atoms with Gasteiger partial charge in [0.1, 0.15) is 6.23 Å². The van der Waals surface area contributed by atoms with Crippen LogP contribution >= 0.6 is 7.92 Å². The van der Waals surface area contributed by atoms with Crippen LogP contribution in [0.5, 0.6) is 0 Å². The van der Waals surface area contributed by atoms with Crippen molar-refractivity contribution >= 4 is 23.8 Å². The summed E-state index contributed by atoms with van der Waals surface area (Å²) in [4.78, 5) is 0. The molecule has 138 valence electrons. The van der Waals surface area contributed by atoms with Crippen LogP contribution in [-0.2, 0) is 4.74 Å². The standard InChI is InChI=1S/C24H26NOP/c1-18(2)22-17-26-24(25-22)21-15-9-10-16-23(21)27(19-11-5-3-6-12-19)20-13-7-4-8-14-20/h3-16,18,22,24-25H,17H2,1-2H3. The molecule has 2 atom stereocenters. The highest BCUT2D eigenvalue weighted by molar-refractivity contribution is 7.79. The fraction of sp³-hybridized carbons (Fsp3) is 0.250. The molecule has 2 nitrogen and oxygen atoms in total. The van der Waals surface area contributed by atoms with Crippen molar-refractivity contribution in [3.63, 3.8) is 0 Å². The molecule has 3 aromatic rings. The minimum atomic E-state index is -0.632. The van der Waals surface area contributed by atoms with Gasteiger partial charge in [-0.25, -0.2) is 0 Å². The van der Waals surface area contributed by atoms with Gasteiger partial charge in [-0.1, -0.05) is 98.8 Å². The Hall–Kier alpha value is -1.99. The summed E-state index contributed by atoms with van der Waals surface area (Å²) in [6, 6.07) is 30.9. The van der Waals surface area contributed by atoms with Crippen LogP contribution < -0.4 is 21.2 Å². The molecule has 1 heterocycles. The number of hydrogen-bond acceptors (Lipinski definition) is 2. The minimum absolute atomic E-state index is 0.0361. The molecule has 1 N–H and O–H groups in total. The summed E-state index contributed by atoms with van der Waals surface area (Å²) in [5.74, 6) is 0.562. The molecular formula is C24H26NOP. The number of rotatable bonds is 5. The highest BCUT2D eigenvalue weighted by atomic mass is 31.1. The molecule has 0 bridgehead atoms. The predicted molar refractivity (Wildman–Crippen MR) is 116 cm³/mol. The molecule has 0 saturated carbocycles. The molecule has 1 fully saturated rings. The zero-order valence-corrected chi connectivity index (χ0v) is 16.8. The molecule has 4 rings (SSSR count). The van der Waals surface area contributed by atoms with E-state index in [1.807, 2.05) is 0 Å². The Morgan fingerprint density at radius 2 is 1.37 bits per heavy atom. The normalized spacial score (nSPS) is 19.7. The second-order valence-electron chi connectivity index (χ2n) is 7.30. The molecular weight excluding hydrogens is 349 g/mol. The molecule has 1 aliphatic rings. The van der Waals surface area contributed by atoms with Gasteiger partial charge in [0, 0.05) is 11.6 Å². The number of hydrogen-bond donors (Lipinski definition) is 1. The molecule has 1 aliphatic heterocycles. The van der Waals surface area contributed by atoms with Gasteiger partial charge >= 0.3 is 0 Å². The number of benzene rings is 3. The zero-order chi connectivity index (χ0) is 18.6.